The molecular weight excluding hydrogens is 258 g/mol. The lowest BCUT2D eigenvalue weighted by Crippen LogP contribution is -2.41. The number of nitrogens with zero attached hydrogens (tertiary/aromatic N) is 3. The number of carboxylic acids is 1. The highest BCUT2D eigenvalue weighted by Gasteiger charge is 2.28. The van der Waals surface area contributed by atoms with E-state index in [0.717, 1.165) is 19.3 Å². The predicted octanol–water partition coefficient (Wildman–Crippen LogP) is 2.10. The minimum atomic E-state index is -0.802. The third-order valence-corrected chi connectivity index (χ3v) is 3.29. The molecule has 6 nitrogen and oxygen atoms in total. The first kappa shape index (κ1) is 14.6. The highest BCUT2D eigenvalue weighted by Crippen LogP contribution is 2.24. The number of rotatable bonds is 4. The van der Waals surface area contributed by atoms with E-state index in [-0.39, 0.29) is 6.10 Å². The van der Waals surface area contributed by atoms with Gasteiger partial charge in [-0.3, -0.25) is 4.98 Å². The Morgan fingerprint density at radius 3 is 2.90 bits per heavy atom. The summed E-state index contributed by atoms with van der Waals surface area (Å²) in [5, 5.41) is 9.39. The molecule has 0 saturated carbocycles. The molecule has 1 aliphatic rings. The molecule has 1 aromatic rings. The molecule has 2 heterocycles. The zero-order valence-corrected chi connectivity index (χ0v) is 12.0. The molecule has 6 heteroatoms. The van der Waals surface area contributed by atoms with Gasteiger partial charge in [0.2, 0.25) is 5.88 Å². The lowest BCUT2D eigenvalue weighted by molar-refractivity contribution is -0.138. The summed E-state index contributed by atoms with van der Waals surface area (Å²) in [5.41, 5.74) is 0. The average Bonchev–Trinajstić information content (AvgIpc) is 2.63. The summed E-state index contributed by atoms with van der Waals surface area (Å²) < 4.78 is 5.52. The van der Waals surface area contributed by atoms with Crippen LogP contribution in [0.3, 0.4) is 0 Å². The fourth-order valence-corrected chi connectivity index (χ4v) is 2.41. The Morgan fingerprint density at radius 1 is 1.40 bits per heavy atom. The summed E-state index contributed by atoms with van der Waals surface area (Å²) in [7, 11) is 0. The van der Waals surface area contributed by atoms with Crippen molar-refractivity contribution >= 4 is 11.8 Å². The van der Waals surface area contributed by atoms with Gasteiger partial charge in [-0.1, -0.05) is 12.8 Å². The maximum Gasteiger partial charge on any atom is 0.326 e. The van der Waals surface area contributed by atoms with Gasteiger partial charge in [-0.05, 0) is 26.7 Å². The molecule has 1 aliphatic heterocycles. The second-order valence-corrected chi connectivity index (χ2v) is 5.28. The Balaban J connectivity index is 2.24. The van der Waals surface area contributed by atoms with E-state index >= 15 is 0 Å². The van der Waals surface area contributed by atoms with Crippen molar-refractivity contribution in [2.45, 2.75) is 51.7 Å². The lowest BCUT2D eigenvalue weighted by atomic mass is 10.1. The fourth-order valence-electron chi connectivity index (χ4n) is 2.41. The molecule has 0 amide bonds. The predicted molar refractivity (Wildman–Crippen MR) is 75.0 cm³/mol. The van der Waals surface area contributed by atoms with Gasteiger partial charge in [0.25, 0.3) is 0 Å². The molecule has 110 valence electrons. The number of aromatic nitrogens is 2. The minimum absolute atomic E-state index is 0.0129. The van der Waals surface area contributed by atoms with Crippen LogP contribution < -0.4 is 9.64 Å². The van der Waals surface area contributed by atoms with Gasteiger partial charge in [0, 0.05) is 6.54 Å². The third kappa shape index (κ3) is 3.59. The molecule has 0 aromatic carbocycles. The normalized spacial score (nSPS) is 19.8. The first-order chi connectivity index (χ1) is 9.58. The molecule has 0 aliphatic carbocycles. The van der Waals surface area contributed by atoms with Crippen molar-refractivity contribution in [2.24, 2.45) is 0 Å². The van der Waals surface area contributed by atoms with Crippen LogP contribution in [0.4, 0.5) is 5.82 Å². The molecular formula is C14H21N3O3. The maximum atomic E-state index is 11.4. The topological polar surface area (TPSA) is 75.5 Å². The van der Waals surface area contributed by atoms with Crippen molar-refractivity contribution in [1.82, 2.24) is 9.97 Å². The molecule has 1 unspecified atom stereocenters. The van der Waals surface area contributed by atoms with Crippen LogP contribution in [-0.2, 0) is 4.79 Å². The Bertz CT molecular complexity index is 465. The van der Waals surface area contributed by atoms with Gasteiger partial charge in [0.15, 0.2) is 5.82 Å². The first-order valence-corrected chi connectivity index (χ1v) is 7.06. The zero-order valence-electron chi connectivity index (χ0n) is 12.0. The number of carbonyl (C=O) groups is 1. The Labute approximate surface area is 118 Å². The van der Waals surface area contributed by atoms with Crippen molar-refractivity contribution < 1.29 is 14.6 Å². The molecule has 1 saturated heterocycles. The van der Waals surface area contributed by atoms with Crippen molar-refractivity contribution in [3.8, 4) is 5.88 Å². The summed E-state index contributed by atoms with van der Waals surface area (Å²) in [6.07, 6.45) is 6.77. The van der Waals surface area contributed by atoms with Crippen LogP contribution in [0.1, 0.15) is 39.5 Å². The molecule has 1 aromatic heterocycles. The smallest absolute Gasteiger partial charge is 0.326 e. The molecule has 0 bridgehead atoms. The summed E-state index contributed by atoms with van der Waals surface area (Å²) in [6.45, 7) is 4.53. The van der Waals surface area contributed by atoms with Crippen molar-refractivity contribution in [2.75, 3.05) is 11.4 Å². The van der Waals surface area contributed by atoms with E-state index in [9.17, 15) is 9.90 Å². The summed E-state index contributed by atoms with van der Waals surface area (Å²) >= 11 is 0. The molecule has 1 N–H and O–H groups in total. The number of aliphatic carboxylic acids is 1. The number of ether oxygens (including phenoxy) is 1. The number of carboxylic acid groups (broad SMARTS) is 1. The van der Waals surface area contributed by atoms with Crippen LogP contribution in [-0.4, -0.2) is 39.7 Å². The average molecular weight is 279 g/mol. The lowest BCUT2D eigenvalue weighted by Gasteiger charge is -2.27. The quantitative estimate of drug-likeness (QED) is 0.909. The highest BCUT2D eigenvalue weighted by atomic mass is 16.5. The number of hydrogen-bond donors (Lipinski definition) is 1. The van der Waals surface area contributed by atoms with Crippen LogP contribution in [0.15, 0.2) is 12.4 Å². The zero-order chi connectivity index (χ0) is 14.5. The molecule has 2 rings (SSSR count). The van der Waals surface area contributed by atoms with Gasteiger partial charge in [0.05, 0.1) is 18.5 Å². The van der Waals surface area contributed by atoms with E-state index < -0.39 is 12.0 Å². The van der Waals surface area contributed by atoms with Gasteiger partial charge in [-0.25, -0.2) is 4.79 Å². The van der Waals surface area contributed by atoms with E-state index in [2.05, 4.69) is 9.97 Å². The van der Waals surface area contributed by atoms with Crippen LogP contribution >= 0.6 is 0 Å². The van der Waals surface area contributed by atoms with Crippen molar-refractivity contribution in [1.29, 1.82) is 0 Å². The Hall–Kier alpha value is -1.85. The van der Waals surface area contributed by atoms with Crippen LogP contribution in [0.5, 0.6) is 5.88 Å². The van der Waals surface area contributed by atoms with Gasteiger partial charge in [-0.2, -0.15) is 4.98 Å². The highest BCUT2D eigenvalue weighted by molar-refractivity contribution is 5.77. The largest absolute Gasteiger partial charge is 0.480 e. The number of hydrogen-bond acceptors (Lipinski definition) is 5. The second kappa shape index (κ2) is 6.54. The van der Waals surface area contributed by atoms with Crippen molar-refractivity contribution in [3.05, 3.63) is 12.4 Å². The second-order valence-electron chi connectivity index (χ2n) is 5.28. The summed E-state index contributed by atoms with van der Waals surface area (Å²) in [5.74, 6) is 0.215. The van der Waals surface area contributed by atoms with E-state index in [1.807, 2.05) is 18.7 Å². The fraction of sp³-hybridized carbons (Fsp3) is 0.643. The third-order valence-electron chi connectivity index (χ3n) is 3.29. The van der Waals surface area contributed by atoms with E-state index in [1.54, 1.807) is 12.4 Å². The molecule has 0 radical (unpaired) electrons. The van der Waals surface area contributed by atoms with Gasteiger partial charge in [-0.15, -0.1) is 0 Å². The number of anilines is 1. The van der Waals surface area contributed by atoms with Gasteiger partial charge >= 0.3 is 5.97 Å². The summed E-state index contributed by atoms with van der Waals surface area (Å²) in [4.78, 5) is 21.8. The van der Waals surface area contributed by atoms with Crippen LogP contribution in [0.2, 0.25) is 0 Å². The monoisotopic (exact) mass is 279 g/mol. The first-order valence-electron chi connectivity index (χ1n) is 7.06. The standard InChI is InChI=1S/C14H21N3O3/c1-10(2)20-13-9-15-8-12(16-13)17-7-5-3-4-6-11(17)14(18)19/h8-11H,3-7H2,1-2H3,(H,18,19). The van der Waals surface area contributed by atoms with Crippen molar-refractivity contribution in [3.63, 3.8) is 0 Å². The SMILES string of the molecule is CC(C)Oc1cncc(N2CCCCCC2C(=O)O)n1. The van der Waals surface area contributed by atoms with Crippen LogP contribution in [0.25, 0.3) is 0 Å². The van der Waals surface area contributed by atoms with Gasteiger partial charge < -0.3 is 14.7 Å². The van der Waals surface area contributed by atoms with E-state index in [1.165, 1.54) is 0 Å². The molecule has 20 heavy (non-hydrogen) atoms. The Kier molecular flexibility index (Phi) is 4.76. The van der Waals surface area contributed by atoms with Crippen LogP contribution in [0, 0.1) is 0 Å². The molecule has 1 fully saturated rings. The maximum absolute atomic E-state index is 11.4. The van der Waals surface area contributed by atoms with Gasteiger partial charge in [0.1, 0.15) is 6.04 Å². The molecule has 0 spiro atoms. The van der Waals surface area contributed by atoms with E-state index in [4.69, 9.17) is 4.74 Å². The summed E-state index contributed by atoms with van der Waals surface area (Å²) in [6, 6.07) is -0.527. The molecule has 1 atom stereocenters. The minimum Gasteiger partial charge on any atom is -0.480 e. The van der Waals surface area contributed by atoms with E-state index in [0.29, 0.717) is 24.7 Å². The Morgan fingerprint density at radius 2 is 2.20 bits per heavy atom.